The van der Waals surface area contributed by atoms with Gasteiger partial charge in [0.05, 0.1) is 18.0 Å². The zero-order valence-electron chi connectivity index (χ0n) is 16.9. The largest absolute Gasteiger partial charge is 0.465 e. The lowest BCUT2D eigenvalue weighted by atomic mass is 9.92. The standard InChI is InChI=1S/C20H29N5O3/c1-4-5-10-28-18(27)11-17(26)25-9-7-14(2)16(12-25)24(3)20-15-6-8-21-19(15)22-13-23-20/h6,8,13-14,16H,4-5,7,9-12H2,1-3H3,(H,21,22,23)/t14-,16+/m1/s1. The third-order valence-corrected chi connectivity index (χ3v) is 5.49. The Kier molecular flexibility index (Phi) is 6.49. The third kappa shape index (κ3) is 4.43. The van der Waals surface area contributed by atoms with Gasteiger partial charge in [0.15, 0.2) is 0 Å². The van der Waals surface area contributed by atoms with Crippen LogP contribution in [0.4, 0.5) is 5.82 Å². The molecule has 0 saturated carbocycles. The van der Waals surface area contributed by atoms with Gasteiger partial charge in [-0.05, 0) is 24.8 Å². The summed E-state index contributed by atoms with van der Waals surface area (Å²) in [6, 6.07) is 2.07. The topological polar surface area (TPSA) is 91.4 Å². The summed E-state index contributed by atoms with van der Waals surface area (Å²) in [7, 11) is 2.00. The fourth-order valence-electron chi connectivity index (χ4n) is 3.69. The van der Waals surface area contributed by atoms with Crippen LogP contribution in [0, 0.1) is 5.92 Å². The number of carbonyl (C=O) groups excluding carboxylic acids is 2. The molecule has 2 aromatic rings. The Bertz CT molecular complexity index is 821. The van der Waals surface area contributed by atoms with Crippen LogP contribution in [0.1, 0.15) is 39.5 Å². The molecule has 1 aliphatic rings. The highest BCUT2D eigenvalue weighted by Crippen LogP contribution is 2.28. The highest BCUT2D eigenvalue weighted by molar-refractivity contribution is 5.94. The van der Waals surface area contributed by atoms with Crippen molar-refractivity contribution < 1.29 is 14.3 Å². The number of nitrogens with zero attached hydrogens (tertiary/aromatic N) is 4. The zero-order valence-corrected chi connectivity index (χ0v) is 16.9. The van der Waals surface area contributed by atoms with E-state index in [0.717, 1.165) is 36.1 Å². The molecule has 3 heterocycles. The van der Waals surface area contributed by atoms with Gasteiger partial charge >= 0.3 is 5.97 Å². The number of rotatable bonds is 7. The SMILES string of the molecule is CCCCOC(=O)CC(=O)N1CC[C@@H](C)[C@@H](N(C)c2ncnc3[nH]ccc23)C1. The second-order valence-corrected chi connectivity index (χ2v) is 7.47. The smallest absolute Gasteiger partial charge is 0.315 e. The summed E-state index contributed by atoms with van der Waals surface area (Å²) >= 11 is 0. The molecule has 8 heteroatoms. The average molecular weight is 387 g/mol. The molecular formula is C20H29N5O3. The summed E-state index contributed by atoms with van der Waals surface area (Å²) in [5.74, 6) is 0.638. The van der Waals surface area contributed by atoms with Gasteiger partial charge in [0.25, 0.3) is 0 Å². The lowest BCUT2D eigenvalue weighted by Crippen LogP contribution is -2.53. The van der Waals surface area contributed by atoms with Gasteiger partial charge in [-0.2, -0.15) is 0 Å². The molecule has 0 unspecified atom stereocenters. The number of nitrogens with one attached hydrogen (secondary N) is 1. The molecule has 1 amide bonds. The molecule has 1 N–H and O–H groups in total. The molecule has 1 saturated heterocycles. The fourth-order valence-corrected chi connectivity index (χ4v) is 3.69. The van der Waals surface area contributed by atoms with Crippen molar-refractivity contribution in [3.8, 4) is 0 Å². The molecule has 1 fully saturated rings. The minimum Gasteiger partial charge on any atom is -0.465 e. The minimum absolute atomic E-state index is 0.113. The van der Waals surface area contributed by atoms with Crippen LogP contribution >= 0.6 is 0 Å². The fraction of sp³-hybridized carbons (Fsp3) is 0.600. The maximum absolute atomic E-state index is 12.6. The molecule has 0 bridgehead atoms. The number of hydrogen-bond donors (Lipinski definition) is 1. The van der Waals surface area contributed by atoms with Crippen LogP contribution in [-0.4, -0.2) is 64.5 Å². The van der Waals surface area contributed by atoms with Crippen molar-refractivity contribution in [2.75, 3.05) is 31.6 Å². The van der Waals surface area contributed by atoms with Gasteiger partial charge in [-0.15, -0.1) is 0 Å². The molecule has 28 heavy (non-hydrogen) atoms. The molecule has 152 valence electrons. The second kappa shape index (κ2) is 9.03. The average Bonchev–Trinajstić information content (AvgIpc) is 3.16. The van der Waals surface area contributed by atoms with E-state index in [1.54, 1.807) is 11.2 Å². The van der Waals surface area contributed by atoms with Crippen molar-refractivity contribution in [1.29, 1.82) is 0 Å². The van der Waals surface area contributed by atoms with Gasteiger partial charge in [0.1, 0.15) is 24.2 Å². The molecule has 8 nitrogen and oxygen atoms in total. The number of ether oxygens (including phenoxy) is 1. The summed E-state index contributed by atoms with van der Waals surface area (Å²) < 4.78 is 5.13. The zero-order chi connectivity index (χ0) is 20.1. The van der Waals surface area contributed by atoms with Crippen LogP contribution in [0.5, 0.6) is 0 Å². The van der Waals surface area contributed by atoms with Crippen molar-refractivity contribution in [3.63, 3.8) is 0 Å². The number of likely N-dealkylation sites (tertiary alicyclic amines) is 1. The van der Waals surface area contributed by atoms with E-state index in [1.807, 2.05) is 26.2 Å². The van der Waals surface area contributed by atoms with Crippen molar-refractivity contribution in [1.82, 2.24) is 19.9 Å². The summed E-state index contributed by atoms with van der Waals surface area (Å²) in [5.41, 5.74) is 0.795. The predicted molar refractivity (Wildman–Crippen MR) is 107 cm³/mol. The minimum atomic E-state index is -0.438. The van der Waals surface area contributed by atoms with Crippen LogP contribution in [-0.2, 0) is 14.3 Å². The van der Waals surface area contributed by atoms with Crippen LogP contribution < -0.4 is 4.90 Å². The molecule has 3 rings (SSSR count). The lowest BCUT2D eigenvalue weighted by Gasteiger charge is -2.42. The number of likely N-dealkylation sites (N-methyl/N-ethyl adjacent to an activating group) is 1. The van der Waals surface area contributed by atoms with Gasteiger partial charge in [-0.3, -0.25) is 9.59 Å². The number of unbranched alkanes of at least 4 members (excludes halogenated alkanes) is 1. The molecular weight excluding hydrogens is 358 g/mol. The molecule has 2 aromatic heterocycles. The van der Waals surface area contributed by atoms with Gasteiger partial charge in [-0.1, -0.05) is 20.3 Å². The Morgan fingerprint density at radius 2 is 2.21 bits per heavy atom. The van der Waals surface area contributed by atoms with E-state index in [4.69, 9.17) is 4.74 Å². The Labute approximate surface area is 165 Å². The lowest BCUT2D eigenvalue weighted by molar-refractivity contribution is -0.149. The van der Waals surface area contributed by atoms with E-state index >= 15 is 0 Å². The normalized spacial score (nSPS) is 19.6. The number of H-pyrrole nitrogens is 1. The van der Waals surface area contributed by atoms with E-state index in [0.29, 0.717) is 25.6 Å². The predicted octanol–water partition coefficient (Wildman–Crippen LogP) is 2.36. The number of carbonyl (C=O) groups is 2. The number of anilines is 1. The molecule has 1 aliphatic heterocycles. The van der Waals surface area contributed by atoms with E-state index in [2.05, 4.69) is 26.8 Å². The van der Waals surface area contributed by atoms with E-state index < -0.39 is 5.97 Å². The Morgan fingerprint density at radius 3 is 3.00 bits per heavy atom. The number of amides is 1. The maximum Gasteiger partial charge on any atom is 0.315 e. The highest BCUT2D eigenvalue weighted by Gasteiger charge is 2.33. The third-order valence-electron chi connectivity index (χ3n) is 5.49. The van der Waals surface area contributed by atoms with E-state index in [-0.39, 0.29) is 18.4 Å². The van der Waals surface area contributed by atoms with Gasteiger partial charge < -0.3 is 19.5 Å². The van der Waals surface area contributed by atoms with Crippen LogP contribution in [0.25, 0.3) is 11.0 Å². The highest BCUT2D eigenvalue weighted by atomic mass is 16.5. The summed E-state index contributed by atoms with van der Waals surface area (Å²) in [6.07, 6.45) is 5.86. The van der Waals surface area contributed by atoms with Crippen molar-refractivity contribution in [2.24, 2.45) is 5.92 Å². The van der Waals surface area contributed by atoms with Gasteiger partial charge in [-0.25, -0.2) is 9.97 Å². The van der Waals surface area contributed by atoms with Crippen molar-refractivity contribution in [3.05, 3.63) is 18.6 Å². The maximum atomic E-state index is 12.6. The first-order chi connectivity index (χ1) is 13.5. The molecule has 0 spiro atoms. The molecule has 0 aromatic carbocycles. The number of esters is 1. The van der Waals surface area contributed by atoms with Gasteiger partial charge in [0.2, 0.25) is 5.91 Å². The Balaban J connectivity index is 1.66. The van der Waals surface area contributed by atoms with Crippen LogP contribution in [0.15, 0.2) is 18.6 Å². The summed E-state index contributed by atoms with van der Waals surface area (Å²) in [4.78, 5) is 40.2. The Morgan fingerprint density at radius 1 is 1.39 bits per heavy atom. The first-order valence-electron chi connectivity index (χ1n) is 9.95. The second-order valence-electron chi connectivity index (χ2n) is 7.47. The quantitative estimate of drug-likeness (QED) is 0.445. The molecule has 2 atom stereocenters. The summed E-state index contributed by atoms with van der Waals surface area (Å²) in [6.45, 7) is 5.83. The van der Waals surface area contributed by atoms with Crippen LogP contribution in [0.3, 0.4) is 0 Å². The number of piperidine rings is 1. The molecule has 0 radical (unpaired) electrons. The number of fused-ring (bicyclic) bond motifs is 1. The first kappa shape index (κ1) is 20.1. The molecule has 0 aliphatic carbocycles. The summed E-state index contributed by atoms with van der Waals surface area (Å²) in [5, 5.41) is 0.958. The van der Waals surface area contributed by atoms with E-state index in [1.165, 1.54) is 0 Å². The monoisotopic (exact) mass is 387 g/mol. The van der Waals surface area contributed by atoms with Gasteiger partial charge in [0, 0.05) is 26.3 Å². The number of aromatic nitrogens is 3. The number of hydrogen-bond acceptors (Lipinski definition) is 6. The first-order valence-corrected chi connectivity index (χ1v) is 9.95. The van der Waals surface area contributed by atoms with Crippen molar-refractivity contribution in [2.45, 2.75) is 45.6 Å². The van der Waals surface area contributed by atoms with Crippen molar-refractivity contribution >= 4 is 28.7 Å². The van der Waals surface area contributed by atoms with Crippen LogP contribution in [0.2, 0.25) is 0 Å². The number of aromatic amines is 1. The Hall–Kier alpha value is -2.64. The van der Waals surface area contributed by atoms with E-state index in [9.17, 15) is 9.59 Å².